The normalized spacial score (nSPS) is 10.7. The molecule has 3 aromatic carbocycles. The van der Waals surface area contributed by atoms with Gasteiger partial charge in [-0.05, 0) is 110 Å². The average Bonchev–Trinajstić information content (AvgIpc) is 3.56. The monoisotopic (exact) mass is 680 g/mol. The number of methoxy groups -OCH3 is 1. The van der Waals surface area contributed by atoms with Crippen molar-refractivity contribution >= 4 is 46.2 Å². The Labute approximate surface area is 303 Å². The molecule has 0 amide bonds. The Balaban J connectivity index is 1.70. The second kappa shape index (κ2) is 19.8. The van der Waals surface area contributed by atoms with E-state index in [1.54, 1.807) is 7.11 Å². The summed E-state index contributed by atoms with van der Waals surface area (Å²) in [7, 11) is 1.70. The predicted molar refractivity (Wildman–Crippen MR) is 211 cm³/mol. The number of rotatable bonds is 18. The number of hydrogen-bond donors (Lipinski definition) is 0. The van der Waals surface area contributed by atoms with E-state index in [-0.39, 0.29) is 11.3 Å². The topological polar surface area (TPSA) is 64.4 Å². The van der Waals surface area contributed by atoms with E-state index in [9.17, 15) is 10.5 Å². The summed E-state index contributed by atoms with van der Waals surface area (Å²) >= 11 is 1.45. The highest BCUT2D eigenvalue weighted by Gasteiger charge is 2.18. The zero-order chi connectivity index (χ0) is 35.7. The van der Waals surface area contributed by atoms with Gasteiger partial charge in [0.25, 0.3) is 0 Å². The highest BCUT2D eigenvalue weighted by atomic mass is 32.1. The van der Waals surface area contributed by atoms with Crippen molar-refractivity contribution in [1.29, 1.82) is 10.5 Å². The molecule has 0 N–H and O–H groups in total. The first-order valence-electron chi connectivity index (χ1n) is 17.9. The van der Waals surface area contributed by atoms with Crippen molar-refractivity contribution in [2.45, 2.75) is 91.4 Å². The molecule has 0 aliphatic carbocycles. The molecular formula is C44H48N4OS. The molecule has 0 radical (unpaired) electrons. The Kier molecular flexibility index (Phi) is 14.9. The second-order valence-electron chi connectivity index (χ2n) is 12.5. The zero-order valence-corrected chi connectivity index (χ0v) is 30.8. The van der Waals surface area contributed by atoms with Crippen LogP contribution in [0.5, 0.6) is 5.75 Å². The van der Waals surface area contributed by atoms with E-state index in [4.69, 9.17) is 11.3 Å². The van der Waals surface area contributed by atoms with E-state index in [2.05, 4.69) is 103 Å². The molecule has 0 atom stereocenters. The van der Waals surface area contributed by atoms with Crippen LogP contribution in [0.3, 0.4) is 0 Å². The lowest BCUT2D eigenvalue weighted by Gasteiger charge is -2.26. The van der Waals surface area contributed by atoms with Gasteiger partial charge < -0.3 is 9.64 Å². The maximum absolute atomic E-state index is 9.54. The minimum atomic E-state index is -0.139. The average molecular weight is 681 g/mol. The number of anilines is 3. The Bertz CT molecular complexity index is 1810. The van der Waals surface area contributed by atoms with Crippen LogP contribution in [0.4, 0.5) is 17.1 Å². The fraction of sp³-hybridized carbons (Fsp3) is 0.341. The summed E-state index contributed by atoms with van der Waals surface area (Å²) in [4.78, 5) is 7.58. The fourth-order valence-corrected chi connectivity index (χ4v) is 7.10. The third-order valence-electron chi connectivity index (χ3n) is 8.84. The number of thiophene rings is 1. The number of aryl methyl sites for hydroxylation is 3. The summed E-state index contributed by atoms with van der Waals surface area (Å²) in [6.45, 7) is 14.4. The minimum absolute atomic E-state index is 0.139. The van der Waals surface area contributed by atoms with Crippen LogP contribution in [-0.2, 0) is 19.3 Å². The van der Waals surface area contributed by atoms with E-state index < -0.39 is 0 Å². The number of nitrogens with zero attached hydrogens (tertiary/aromatic N) is 4. The molecule has 0 spiro atoms. The van der Waals surface area contributed by atoms with Crippen LogP contribution < -0.4 is 9.64 Å². The molecule has 0 saturated carbocycles. The van der Waals surface area contributed by atoms with Gasteiger partial charge in [-0.2, -0.15) is 10.5 Å². The second-order valence-corrected chi connectivity index (χ2v) is 13.6. The van der Waals surface area contributed by atoms with Crippen molar-refractivity contribution in [3.8, 4) is 17.9 Å². The van der Waals surface area contributed by atoms with Crippen LogP contribution in [0.2, 0.25) is 0 Å². The van der Waals surface area contributed by atoms with Crippen LogP contribution in [0.15, 0.2) is 78.4 Å². The van der Waals surface area contributed by atoms with Crippen molar-refractivity contribution in [3.63, 3.8) is 0 Å². The summed E-state index contributed by atoms with van der Waals surface area (Å²) in [6, 6.07) is 30.0. The van der Waals surface area contributed by atoms with Crippen molar-refractivity contribution in [2.75, 3.05) is 12.0 Å². The van der Waals surface area contributed by atoms with E-state index in [1.807, 2.05) is 24.3 Å². The molecule has 50 heavy (non-hydrogen) atoms. The van der Waals surface area contributed by atoms with Gasteiger partial charge in [-0.25, -0.2) is 4.85 Å². The number of allylic oxidation sites excluding steroid dienone is 1. The van der Waals surface area contributed by atoms with Gasteiger partial charge in [0.1, 0.15) is 11.3 Å². The van der Waals surface area contributed by atoms with E-state index in [1.165, 1.54) is 48.1 Å². The number of hydrogen-bond acceptors (Lipinski definition) is 5. The van der Waals surface area contributed by atoms with Crippen LogP contribution in [0.25, 0.3) is 22.7 Å². The number of benzene rings is 3. The van der Waals surface area contributed by atoms with E-state index in [0.29, 0.717) is 4.88 Å². The van der Waals surface area contributed by atoms with Crippen LogP contribution in [-0.4, -0.2) is 7.11 Å². The number of unbranched alkanes of at least 4 members (excludes halogenated alkanes) is 5. The number of nitriles is 2. The van der Waals surface area contributed by atoms with E-state index in [0.717, 1.165) is 83.8 Å². The van der Waals surface area contributed by atoms with Crippen molar-refractivity contribution in [1.82, 2.24) is 0 Å². The smallest absolute Gasteiger partial charge is 0.232 e. The van der Waals surface area contributed by atoms with Gasteiger partial charge in [0.2, 0.25) is 5.70 Å². The van der Waals surface area contributed by atoms with Crippen molar-refractivity contribution in [2.24, 2.45) is 0 Å². The Morgan fingerprint density at radius 2 is 1.32 bits per heavy atom. The summed E-state index contributed by atoms with van der Waals surface area (Å²) in [5, 5.41) is 19.1. The predicted octanol–water partition coefficient (Wildman–Crippen LogP) is 12.9. The third kappa shape index (κ3) is 9.98. The van der Waals surface area contributed by atoms with Gasteiger partial charge in [0.15, 0.2) is 0 Å². The summed E-state index contributed by atoms with van der Waals surface area (Å²) in [5.74, 6) is 0.748. The van der Waals surface area contributed by atoms with Crippen molar-refractivity contribution in [3.05, 3.63) is 122 Å². The summed E-state index contributed by atoms with van der Waals surface area (Å²) in [5.41, 5.74) is 7.82. The number of ether oxygens (including phenoxy) is 1. The first kappa shape index (κ1) is 37.7. The lowest BCUT2D eigenvalue weighted by Crippen LogP contribution is -2.10. The molecule has 1 aromatic heterocycles. The first-order chi connectivity index (χ1) is 24.5. The molecule has 4 aromatic rings. The fourth-order valence-electron chi connectivity index (χ4n) is 5.99. The molecule has 6 heteroatoms. The standard InChI is InChI=1S/C44H48N4OS/c1-6-9-12-13-16-36-29-41(50-44(36)43(47-4)37(31-45)32-46)28-22-35-21-27-40(30-42(35)49-5)48(38-23-17-33(18-24-38)14-10-7-2)39-25-19-34(20-26-39)15-11-8-3/h17-30H,6-16H2,1-3,5H3/b28-22+. The molecule has 5 nitrogen and oxygen atoms in total. The minimum Gasteiger partial charge on any atom is -0.496 e. The summed E-state index contributed by atoms with van der Waals surface area (Å²) < 4.78 is 5.95. The highest BCUT2D eigenvalue weighted by molar-refractivity contribution is 7.14. The van der Waals surface area contributed by atoms with Crippen molar-refractivity contribution < 1.29 is 4.74 Å². The molecule has 1 heterocycles. The van der Waals surface area contributed by atoms with Gasteiger partial charge in [0, 0.05) is 38.4 Å². The molecule has 0 aliphatic heterocycles. The van der Waals surface area contributed by atoms with Gasteiger partial charge in [-0.15, -0.1) is 11.3 Å². The third-order valence-corrected chi connectivity index (χ3v) is 9.99. The SMILES string of the molecule is [C-]#[N+]C(=C(C#N)C#N)c1sc(/C=C/c2ccc(N(c3ccc(CCCC)cc3)c3ccc(CCCC)cc3)cc2OC)cc1CCCCCC. The molecule has 0 bridgehead atoms. The van der Waals surface area contributed by atoms with E-state index >= 15 is 0 Å². The first-order valence-corrected chi connectivity index (χ1v) is 18.7. The van der Waals surface area contributed by atoms with Gasteiger partial charge >= 0.3 is 0 Å². The maximum atomic E-state index is 9.54. The van der Waals surface area contributed by atoms with Crippen LogP contribution in [0, 0.1) is 29.2 Å². The lowest BCUT2D eigenvalue weighted by molar-refractivity contribution is 0.414. The zero-order valence-electron chi connectivity index (χ0n) is 30.0. The van der Waals surface area contributed by atoms with Gasteiger partial charge in [-0.3, -0.25) is 0 Å². The maximum Gasteiger partial charge on any atom is 0.232 e. The largest absolute Gasteiger partial charge is 0.496 e. The molecule has 256 valence electrons. The quantitative estimate of drug-likeness (QED) is 0.0596. The van der Waals surface area contributed by atoms with Gasteiger partial charge in [-0.1, -0.05) is 77.1 Å². The highest BCUT2D eigenvalue weighted by Crippen LogP contribution is 2.39. The van der Waals surface area contributed by atoms with Crippen LogP contribution in [0.1, 0.15) is 104 Å². The van der Waals surface area contributed by atoms with Gasteiger partial charge in [0.05, 0.1) is 25.8 Å². The molecule has 4 rings (SSSR count). The molecule has 0 aliphatic rings. The Morgan fingerprint density at radius 3 is 1.84 bits per heavy atom. The molecule has 0 saturated heterocycles. The molecule has 0 unspecified atom stereocenters. The van der Waals surface area contributed by atoms with Crippen LogP contribution >= 0.6 is 11.3 Å². The Morgan fingerprint density at radius 1 is 0.740 bits per heavy atom. The Hall–Kier alpha value is -5.09. The lowest BCUT2D eigenvalue weighted by atomic mass is 10.0. The molecule has 0 fully saturated rings. The summed E-state index contributed by atoms with van der Waals surface area (Å²) in [6.07, 6.45) is 16.1. The molecular weight excluding hydrogens is 633 g/mol.